The number of amides is 1. The van der Waals surface area contributed by atoms with Crippen molar-refractivity contribution in [1.29, 1.82) is 0 Å². The van der Waals surface area contributed by atoms with E-state index in [1.807, 2.05) is 0 Å². The van der Waals surface area contributed by atoms with Gasteiger partial charge in [0, 0.05) is 24.3 Å². The van der Waals surface area contributed by atoms with E-state index in [9.17, 15) is 19.8 Å². The number of furan rings is 1. The van der Waals surface area contributed by atoms with E-state index in [2.05, 4.69) is 4.98 Å². The van der Waals surface area contributed by atoms with E-state index in [1.54, 1.807) is 67.8 Å². The Morgan fingerprint density at radius 2 is 1.95 bits per heavy atom. The number of para-hydroxylation sites is 1. The fraction of sp³-hybridized carbons (Fsp3) is 0.179. The summed E-state index contributed by atoms with van der Waals surface area (Å²) in [6.07, 6.45) is 3.22. The highest BCUT2D eigenvalue weighted by atomic mass is 16.5. The zero-order valence-corrected chi connectivity index (χ0v) is 20.2. The molecule has 0 spiro atoms. The standard InChI is InChI=1S/C28H24N2O7/c1-3-36-21-12-17(9-10-19(21)31)24-23(26(33)28(34)30(24)15-16-6-5-11-29-14-16)25(32)22-13-18-7-4-8-20(35-2)27(18)37-22/h4-14,24,31,33H,3,15H2,1-2H3. The first-order valence-electron chi connectivity index (χ1n) is 11.6. The van der Waals surface area contributed by atoms with Crippen LogP contribution in [0.5, 0.6) is 17.2 Å². The van der Waals surface area contributed by atoms with Crippen LogP contribution >= 0.6 is 0 Å². The van der Waals surface area contributed by atoms with Crippen molar-refractivity contribution in [2.75, 3.05) is 13.7 Å². The van der Waals surface area contributed by atoms with E-state index in [-0.39, 0.29) is 29.4 Å². The maximum Gasteiger partial charge on any atom is 0.290 e. The number of aliphatic hydroxyl groups is 1. The number of hydrogen-bond acceptors (Lipinski definition) is 8. The number of benzene rings is 2. The normalized spacial score (nSPS) is 15.5. The number of phenols is 1. The zero-order chi connectivity index (χ0) is 26.1. The molecule has 1 atom stereocenters. The molecule has 0 fully saturated rings. The van der Waals surface area contributed by atoms with Gasteiger partial charge < -0.3 is 29.0 Å². The summed E-state index contributed by atoms with van der Waals surface area (Å²) in [4.78, 5) is 32.6. The van der Waals surface area contributed by atoms with Crippen molar-refractivity contribution in [3.8, 4) is 17.2 Å². The number of hydrogen-bond donors (Lipinski definition) is 2. The van der Waals surface area contributed by atoms with Crippen molar-refractivity contribution in [2.24, 2.45) is 0 Å². The highest BCUT2D eigenvalue weighted by Gasteiger charge is 2.45. The number of ketones is 1. The third kappa shape index (κ3) is 4.24. The van der Waals surface area contributed by atoms with Crippen LogP contribution in [0.15, 0.2) is 82.7 Å². The SMILES string of the molecule is CCOc1cc(C2C(C(=O)c3cc4cccc(OC)c4o3)=C(O)C(=O)N2Cc2cccnc2)ccc1O. The minimum Gasteiger partial charge on any atom is -0.504 e. The monoisotopic (exact) mass is 500 g/mol. The number of aliphatic hydroxyl groups excluding tert-OH is 1. The van der Waals surface area contributed by atoms with Gasteiger partial charge in [0.2, 0.25) is 5.78 Å². The van der Waals surface area contributed by atoms with Crippen molar-refractivity contribution in [1.82, 2.24) is 9.88 Å². The predicted octanol–water partition coefficient (Wildman–Crippen LogP) is 4.72. The lowest BCUT2D eigenvalue weighted by atomic mass is 9.94. The largest absolute Gasteiger partial charge is 0.504 e. The average Bonchev–Trinajstić information content (AvgIpc) is 3.45. The van der Waals surface area contributed by atoms with Gasteiger partial charge in [-0.3, -0.25) is 14.6 Å². The lowest BCUT2D eigenvalue weighted by molar-refractivity contribution is -0.130. The van der Waals surface area contributed by atoms with Crippen molar-refractivity contribution in [2.45, 2.75) is 19.5 Å². The minimum absolute atomic E-state index is 0.0501. The Labute approximate surface area is 212 Å². The molecule has 0 saturated carbocycles. The van der Waals surface area contributed by atoms with Gasteiger partial charge in [0.05, 0.1) is 25.3 Å². The Kier molecular flexibility index (Phi) is 6.27. The van der Waals surface area contributed by atoms with Gasteiger partial charge >= 0.3 is 0 Å². The molecule has 1 amide bonds. The van der Waals surface area contributed by atoms with Crippen LogP contribution in [0.1, 0.15) is 34.6 Å². The van der Waals surface area contributed by atoms with E-state index >= 15 is 0 Å². The molecule has 4 aromatic rings. The van der Waals surface area contributed by atoms with Crippen LogP contribution in [0.4, 0.5) is 0 Å². The molecular weight excluding hydrogens is 476 g/mol. The molecule has 2 aromatic heterocycles. The molecule has 0 radical (unpaired) electrons. The second-order valence-corrected chi connectivity index (χ2v) is 8.44. The number of nitrogens with zero attached hydrogens (tertiary/aromatic N) is 2. The maximum absolute atomic E-state index is 13.8. The van der Waals surface area contributed by atoms with Gasteiger partial charge in [0.1, 0.15) is 0 Å². The van der Waals surface area contributed by atoms with Crippen LogP contribution in [-0.4, -0.2) is 45.5 Å². The lowest BCUT2D eigenvalue weighted by Gasteiger charge is -2.27. The number of phenolic OH excluding ortho intramolecular Hbond substituents is 1. The molecule has 5 rings (SSSR count). The maximum atomic E-state index is 13.8. The number of fused-ring (bicyclic) bond motifs is 1. The summed E-state index contributed by atoms with van der Waals surface area (Å²) in [6, 6.07) is 13.9. The summed E-state index contributed by atoms with van der Waals surface area (Å²) in [7, 11) is 1.50. The number of rotatable bonds is 8. The van der Waals surface area contributed by atoms with E-state index in [1.165, 1.54) is 18.1 Å². The first kappa shape index (κ1) is 23.9. The second-order valence-electron chi connectivity index (χ2n) is 8.44. The van der Waals surface area contributed by atoms with E-state index < -0.39 is 23.5 Å². The number of methoxy groups -OCH3 is 1. The smallest absolute Gasteiger partial charge is 0.290 e. The molecule has 2 N–H and O–H groups in total. The molecule has 9 heteroatoms. The van der Waals surface area contributed by atoms with Gasteiger partial charge in [-0.2, -0.15) is 0 Å². The Morgan fingerprint density at radius 3 is 2.68 bits per heavy atom. The number of aromatic hydroxyl groups is 1. The molecule has 37 heavy (non-hydrogen) atoms. The molecule has 1 unspecified atom stereocenters. The molecule has 1 aliphatic heterocycles. The van der Waals surface area contributed by atoms with Crippen LogP contribution in [0.25, 0.3) is 11.0 Å². The van der Waals surface area contributed by atoms with Crippen molar-refractivity contribution < 1.29 is 33.7 Å². The summed E-state index contributed by atoms with van der Waals surface area (Å²) < 4.78 is 16.7. The van der Waals surface area contributed by atoms with Crippen LogP contribution in [0.2, 0.25) is 0 Å². The molecule has 2 aromatic carbocycles. The molecule has 1 aliphatic rings. The number of ether oxygens (including phenoxy) is 2. The molecule has 0 bridgehead atoms. The van der Waals surface area contributed by atoms with Crippen LogP contribution in [0.3, 0.4) is 0 Å². The van der Waals surface area contributed by atoms with Gasteiger partial charge in [-0.25, -0.2) is 0 Å². The zero-order valence-electron chi connectivity index (χ0n) is 20.2. The van der Waals surface area contributed by atoms with Crippen LogP contribution < -0.4 is 9.47 Å². The van der Waals surface area contributed by atoms with Crippen molar-refractivity contribution >= 4 is 22.7 Å². The quantitative estimate of drug-likeness (QED) is 0.333. The van der Waals surface area contributed by atoms with Crippen molar-refractivity contribution in [3.63, 3.8) is 0 Å². The highest BCUT2D eigenvalue weighted by Crippen LogP contribution is 2.43. The second kappa shape index (κ2) is 9.69. The average molecular weight is 501 g/mol. The van der Waals surface area contributed by atoms with E-state index in [0.29, 0.717) is 34.5 Å². The Morgan fingerprint density at radius 1 is 1.11 bits per heavy atom. The minimum atomic E-state index is -0.977. The summed E-state index contributed by atoms with van der Waals surface area (Å²) in [6.45, 7) is 2.15. The van der Waals surface area contributed by atoms with Gasteiger partial charge in [-0.1, -0.05) is 24.3 Å². The predicted molar refractivity (Wildman–Crippen MR) is 134 cm³/mol. The summed E-state index contributed by atoms with van der Waals surface area (Å²) in [5.41, 5.74) is 1.42. The topological polar surface area (TPSA) is 122 Å². The third-order valence-corrected chi connectivity index (χ3v) is 6.18. The van der Waals surface area contributed by atoms with E-state index in [4.69, 9.17) is 13.9 Å². The fourth-order valence-electron chi connectivity index (χ4n) is 4.50. The summed E-state index contributed by atoms with van der Waals surface area (Å²) >= 11 is 0. The van der Waals surface area contributed by atoms with Crippen molar-refractivity contribution in [3.05, 3.63) is 95.2 Å². The third-order valence-electron chi connectivity index (χ3n) is 6.18. The Hall–Kier alpha value is -4.79. The molecular formula is C28H24N2O7. The van der Waals surface area contributed by atoms with Gasteiger partial charge in [-0.15, -0.1) is 0 Å². The van der Waals surface area contributed by atoms with Gasteiger partial charge in [-0.05, 0) is 48.4 Å². The highest BCUT2D eigenvalue weighted by molar-refractivity contribution is 6.16. The number of Topliss-reactive ketones (excluding diaryl/α,β-unsaturated/α-hetero) is 1. The molecule has 9 nitrogen and oxygen atoms in total. The first-order valence-corrected chi connectivity index (χ1v) is 11.6. The first-order chi connectivity index (χ1) is 17.9. The van der Waals surface area contributed by atoms with Gasteiger partial charge in [0.15, 0.2) is 34.4 Å². The summed E-state index contributed by atoms with van der Waals surface area (Å²) in [5.74, 6) is -1.51. The Bertz CT molecular complexity index is 1520. The summed E-state index contributed by atoms with van der Waals surface area (Å²) in [5, 5.41) is 21.8. The number of carbonyl (C=O) groups excluding carboxylic acids is 2. The van der Waals surface area contributed by atoms with Crippen LogP contribution in [-0.2, 0) is 11.3 Å². The molecule has 0 aliphatic carbocycles. The lowest BCUT2D eigenvalue weighted by Crippen LogP contribution is -2.30. The van der Waals surface area contributed by atoms with Crippen LogP contribution in [0, 0.1) is 0 Å². The molecule has 188 valence electrons. The fourth-order valence-corrected chi connectivity index (χ4v) is 4.50. The number of pyridine rings is 1. The number of carbonyl (C=O) groups is 2. The molecule has 0 saturated heterocycles. The molecule has 3 heterocycles. The number of aromatic nitrogens is 1. The Balaban J connectivity index is 1.63. The van der Waals surface area contributed by atoms with Gasteiger partial charge in [0.25, 0.3) is 5.91 Å². The van der Waals surface area contributed by atoms with E-state index in [0.717, 1.165) is 0 Å².